The van der Waals surface area contributed by atoms with Gasteiger partial charge in [0.1, 0.15) is 0 Å². The van der Waals surface area contributed by atoms with E-state index in [9.17, 15) is 0 Å². The van der Waals surface area contributed by atoms with E-state index in [1.807, 2.05) is 12.1 Å². The molecular weight excluding hydrogens is 222 g/mol. The highest BCUT2D eigenvalue weighted by Gasteiger charge is 2.05. The lowest BCUT2D eigenvalue weighted by atomic mass is 10.0. The second-order valence-corrected chi connectivity index (χ2v) is 4.28. The molecule has 84 valence electrons. The van der Waals surface area contributed by atoms with Crippen molar-refractivity contribution < 1.29 is 0 Å². The standard InChI is InChI=1S/C12H14ClN3/c1-9(2)10-3-5-11(6-4-10)16-12(7-13)8-14-15-16/h3-6,8-9H,7H2,1-2H3. The van der Waals surface area contributed by atoms with Crippen LogP contribution in [0.5, 0.6) is 0 Å². The van der Waals surface area contributed by atoms with Gasteiger partial charge in [0.25, 0.3) is 0 Å². The third-order valence-electron chi connectivity index (χ3n) is 2.56. The van der Waals surface area contributed by atoms with Gasteiger partial charge in [-0.3, -0.25) is 0 Å². The molecule has 0 aliphatic heterocycles. The summed E-state index contributed by atoms with van der Waals surface area (Å²) in [5, 5.41) is 7.87. The lowest BCUT2D eigenvalue weighted by Crippen LogP contribution is -2.01. The zero-order chi connectivity index (χ0) is 11.5. The zero-order valence-corrected chi connectivity index (χ0v) is 10.1. The molecule has 0 fully saturated rings. The van der Waals surface area contributed by atoms with Crippen LogP contribution in [0.3, 0.4) is 0 Å². The predicted octanol–water partition coefficient (Wildman–Crippen LogP) is 3.13. The van der Waals surface area contributed by atoms with Crippen LogP contribution in [0.15, 0.2) is 30.5 Å². The van der Waals surface area contributed by atoms with Gasteiger partial charge in [-0.05, 0) is 23.6 Å². The number of alkyl halides is 1. The van der Waals surface area contributed by atoms with Crippen molar-refractivity contribution in [2.45, 2.75) is 25.6 Å². The summed E-state index contributed by atoms with van der Waals surface area (Å²) in [5.74, 6) is 0.955. The minimum absolute atomic E-state index is 0.416. The van der Waals surface area contributed by atoms with Crippen molar-refractivity contribution in [1.29, 1.82) is 0 Å². The molecule has 2 rings (SSSR count). The van der Waals surface area contributed by atoms with Gasteiger partial charge in [-0.1, -0.05) is 31.2 Å². The molecule has 0 N–H and O–H groups in total. The molecule has 0 unspecified atom stereocenters. The number of hydrogen-bond donors (Lipinski definition) is 0. The van der Waals surface area contributed by atoms with Crippen molar-refractivity contribution in [2.24, 2.45) is 0 Å². The number of benzene rings is 1. The minimum Gasteiger partial charge on any atom is -0.216 e. The lowest BCUT2D eigenvalue weighted by Gasteiger charge is -2.07. The van der Waals surface area contributed by atoms with Crippen LogP contribution < -0.4 is 0 Å². The monoisotopic (exact) mass is 235 g/mol. The van der Waals surface area contributed by atoms with Gasteiger partial charge in [0.2, 0.25) is 0 Å². The van der Waals surface area contributed by atoms with Crippen LogP contribution in [0.25, 0.3) is 5.69 Å². The van der Waals surface area contributed by atoms with Crippen LogP contribution in [0.4, 0.5) is 0 Å². The minimum atomic E-state index is 0.416. The van der Waals surface area contributed by atoms with E-state index in [0.717, 1.165) is 11.4 Å². The molecule has 0 amide bonds. The highest BCUT2D eigenvalue weighted by Crippen LogP contribution is 2.17. The maximum atomic E-state index is 5.80. The van der Waals surface area contributed by atoms with Crippen LogP contribution in [0, 0.1) is 0 Å². The Balaban J connectivity index is 2.35. The molecule has 1 aromatic carbocycles. The van der Waals surface area contributed by atoms with Gasteiger partial charge >= 0.3 is 0 Å². The first kappa shape index (κ1) is 11.1. The number of aromatic nitrogens is 3. The Hall–Kier alpha value is -1.35. The van der Waals surface area contributed by atoms with Crippen molar-refractivity contribution >= 4 is 11.6 Å². The molecule has 2 aromatic rings. The summed E-state index contributed by atoms with van der Waals surface area (Å²) in [6, 6.07) is 8.31. The van der Waals surface area contributed by atoms with E-state index in [1.54, 1.807) is 10.9 Å². The Labute approximate surface area is 100 Å². The average Bonchev–Trinajstić information content (AvgIpc) is 2.77. The number of halogens is 1. The van der Waals surface area contributed by atoms with Gasteiger partial charge in [-0.2, -0.15) is 0 Å². The van der Waals surface area contributed by atoms with E-state index in [1.165, 1.54) is 5.56 Å². The molecule has 0 saturated heterocycles. The Morgan fingerprint density at radius 3 is 2.50 bits per heavy atom. The molecule has 0 aliphatic carbocycles. The summed E-state index contributed by atoms with van der Waals surface area (Å²) in [6.45, 7) is 4.35. The molecule has 1 heterocycles. The van der Waals surface area contributed by atoms with Crippen LogP contribution in [-0.2, 0) is 5.88 Å². The molecule has 4 heteroatoms. The third-order valence-corrected chi connectivity index (χ3v) is 2.83. The topological polar surface area (TPSA) is 30.7 Å². The van der Waals surface area contributed by atoms with Crippen molar-refractivity contribution in [2.75, 3.05) is 0 Å². The van der Waals surface area contributed by atoms with Crippen LogP contribution in [0.1, 0.15) is 31.0 Å². The predicted molar refractivity (Wildman–Crippen MR) is 65.0 cm³/mol. The molecule has 0 atom stereocenters. The molecule has 0 radical (unpaired) electrons. The molecule has 16 heavy (non-hydrogen) atoms. The average molecular weight is 236 g/mol. The summed E-state index contributed by atoms with van der Waals surface area (Å²) in [6.07, 6.45) is 1.68. The van der Waals surface area contributed by atoms with Crippen LogP contribution in [-0.4, -0.2) is 15.0 Å². The fraction of sp³-hybridized carbons (Fsp3) is 0.333. The number of nitrogens with zero attached hydrogens (tertiary/aromatic N) is 3. The Morgan fingerprint density at radius 1 is 1.25 bits per heavy atom. The first-order valence-corrected chi connectivity index (χ1v) is 5.81. The number of rotatable bonds is 3. The Kier molecular flexibility index (Phi) is 3.25. The van der Waals surface area contributed by atoms with E-state index in [2.05, 4.69) is 36.3 Å². The zero-order valence-electron chi connectivity index (χ0n) is 9.39. The van der Waals surface area contributed by atoms with Gasteiger partial charge in [0.05, 0.1) is 23.5 Å². The molecule has 1 aromatic heterocycles. The summed E-state index contributed by atoms with van der Waals surface area (Å²) >= 11 is 5.80. The van der Waals surface area contributed by atoms with Crippen molar-refractivity contribution in [3.63, 3.8) is 0 Å². The molecule has 0 spiro atoms. The van der Waals surface area contributed by atoms with Gasteiger partial charge in [0, 0.05) is 0 Å². The summed E-state index contributed by atoms with van der Waals surface area (Å²) in [7, 11) is 0. The van der Waals surface area contributed by atoms with Crippen molar-refractivity contribution in [1.82, 2.24) is 15.0 Å². The largest absolute Gasteiger partial charge is 0.216 e. The first-order valence-electron chi connectivity index (χ1n) is 5.28. The maximum Gasteiger partial charge on any atom is 0.0793 e. The maximum absolute atomic E-state index is 5.80. The first-order chi connectivity index (χ1) is 7.72. The third kappa shape index (κ3) is 2.09. The van der Waals surface area contributed by atoms with Gasteiger partial charge in [-0.25, -0.2) is 4.68 Å². The van der Waals surface area contributed by atoms with Crippen LogP contribution in [0.2, 0.25) is 0 Å². The fourth-order valence-corrected chi connectivity index (χ4v) is 1.75. The van der Waals surface area contributed by atoms with Gasteiger partial charge < -0.3 is 0 Å². The lowest BCUT2D eigenvalue weighted by molar-refractivity contribution is 0.779. The molecule has 3 nitrogen and oxygen atoms in total. The van der Waals surface area contributed by atoms with Crippen molar-refractivity contribution in [3.05, 3.63) is 41.7 Å². The van der Waals surface area contributed by atoms with Crippen LogP contribution >= 0.6 is 11.6 Å². The Morgan fingerprint density at radius 2 is 1.94 bits per heavy atom. The summed E-state index contributed by atoms with van der Waals surface area (Å²) in [5.41, 5.74) is 3.22. The van der Waals surface area contributed by atoms with E-state index >= 15 is 0 Å². The quantitative estimate of drug-likeness (QED) is 0.766. The van der Waals surface area contributed by atoms with E-state index in [-0.39, 0.29) is 0 Å². The molecule has 0 saturated carbocycles. The van der Waals surface area contributed by atoms with Crippen molar-refractivity contribution in [3.8, 4) is 5.69 Å². The summed E-state index contributed by atoms with van der Waals surface area (Å²) < 4.78 is 1.76. The van der Waals surface area contributed by atoms with E-state index in [4.69, 9.17) is 11.6 Å². The van der Waals surface area contributed by atoms with E-state index < -0.39 is 0 Å². The fourth-order valence-electron chi connectivity index (χ4n) is 1.57. The SMILES string of the molecule is CC(C)c1ccc(-n2nncc2CCl)cc1. The molecule has 0 aliphatic rings. The molecule has 0 bridgehead atoms. The normalized spacial score (nSPS) is 11.0. The van der Waals surface area contributed by atoms with E-state index in [0.29, 0.717) is 11.8 Å². The second kappa shape index (κ2) is 4.66. The number of hydrogen-bond acceptors (Lipinski definition) is 2. The van der Waals surface area contributed by atoms with Gasteiger partial charge in [-0.15, -0.1) is 16.7 Å². The highest BCUT2D eigenvalue weighted by atomic mass is 35.5. The molecular formula is C12H14ClN3. The second-order valence-electron chi connectivity index (χ2n) is 4.02. The Bertz CT molecular complexity index is 459. The smallest absolute Gasteiger partial charge is 0.0793 e. The summed E-state index contributed by atoms with van der Waals surface area (Å²) in [4.78, 5) is 0. The van der Waals surface area contributed by atoms with Gasteiger partial charge in [0.15, 0.2) is 0 Å². The highest BCUT2D eigenvalue weighted by molar-refractivity contribution is 6.16.